The number of ketones is 2. The third kappa shape index (κ3) is 2.82. The van der Waals surface area contributed by atoms with Gasteiger partial charge in [-0.05, 0) is 56.6 Å². The van der Waals surface area contributed by atoms with Gasteiger partial charge in [-0.25, -0.2) is 4.39 Å². The summed E-state index contributed by atoms with van der Waals surface area (Å²) < 4.78 is 16.7. The first-order valence-electron chi connectivity index (χ1n) is 10.6. The van der Waals surface area contributed by atoms with Gasteiger partial charge >= 0.3 is 0 Å². The van der Waals surface area contributed by atoms with E-state index in [0.717, 1.165) is 6.42 Å². The van der Waals surface area contributed by atoms with Gasteiger partial charge in [0.25, 0.3) is 0 Å². The van der Waals surface area contributed by atoms with Gasteiger partial charge in [-0.1, -0.05) is 38.8 Å². The molecule has 3 rings (SSSR count). The number of allylic oxidation sites excluding steroid dienone is 4. The Kier molecular flexibility index (Phi) is 5.47. The molecule has 3 N–H and O–H groups in total. The molecule has 3 aliphatic rings. The molecule has 0 spiro atoms. The zero-order valence-electron chi connectivity index (χ0n) is 17.7. The normalized spacial score (nSPS) is 47.1. The van der Waals surface area contributed by atoms with Crippen LogP contribution in [0.5, 0.6) is 0 Å². The molecule has 3 aliphatic carbocycles. The molecular formula is C23H33FO5. The molecule has 0 aromatic rings. The highest BCUT2D eigenvalue weighted by atomic mass is 19.1. The molecule has 6 heteroatoms. The Labute approximate surface area is 171 Å². The van der Waals surface area contributed by atoms with E-state index in [9.17, 15) is 24.9 Å². The SMILES string of the molecule is CCCC1=CC(=O)C=C[C@]1(C)[C@]1(F)C[C@@H]2C[C@@H](C)[C@](O)(C(=O)CO)[C@@]2(C)C[C@@H]1O. The summed E-state index contributed by atoms with van der Waals surface area (Å²) in [6.07, 6.45) is 4.63. The van der Waals surface area contributed by atoms with Gasteiger partial charge in [-0.2, -0.15) is 0 Å². The Morgan fingerprint density at radius 2 is 1.97 bits per heavy atom. The maximum Gasteiger partial charge on any atom is 0.190 e. The number of halogens is 1. The topological polar surface area (TPSA) is 94.8 Å². The predicted octanol–water partition coefficient (Wildman–Crippen LogP) is 2.68. The Hall–Kier alpha value is -1.37. The predicted molar refractivity (Wildman–Crippen MR) is 107 cm³/mol. The van der Waals surface area contributed by atoms with E-state index in [1.807, 2.05) is 6.92 Å². The van der Waals surface area contributed by atoms with Crippen LogP contribution in [0.3, 0.4) is 0 Å². The van der Waals surface area contributed by atoms with Gasteiger partial charge in [0.15, 0.2) is 11.6 Å². The van der Waals surface area contributed by atoms with Crippen molar-refractivity contribution in [1.29, 1.82) is 0 Å². The number of aliphatic hydroxyl groups is 3. The molecule has 0 bridgehead atoms. The van der Waals surface area contributed by atoms with Gasteiger partial charge in [0.05, 0.1) is 6.10 Å². The lowest BCUT2D eigenvalue weighted by atomic mass is 9.51. The first-order chi connectivity index (χ1) is 13.4. The van der Waals surface area contributed by atoms with Gasteiger partial charge in [0.2, 0.25) is 0 Å². The standard InChI is InChI=1S/C23H33FO5/c1-5-6-15-10-17(26)7-8-20(15,3)22(24)11-16-9-14(2)23(29,19(28)13-25)21(16,4)12-18(22)27/h7-8,10,14,16,18,25,27,29H,5-6,9,11-13H2,1-4H3/t14-,16+,18+,20+,21+,22+,23+/m1/s1. The van der Waals surface area contributed by atoms with Crippen LogP contribution in [-0.2, 0) is 9.59 Å². The van der Waals surface area contributed by atoms with Crippen molar-refractivity contribution in [2.24, 2.45) is 22.7 Å². The monoisotopic (exact) mass is 408 g/mol. The molecule has 2 saturated carbocycles. The maximum atomic E-state index is 16.7. The quantitative estimate of drug-likeness (QED) is 0.650. The molecule has 5 nitrogen and oxygen atoms in total. The van der Waals surface area contributed by atoms with Crippen molar-refractivity contribution in [2.75, 3.05) is 6.61 Å². The van der Waals surface area contributed by atoms with Crippen LogP contribution in [0.25, 0.3) is 0 Å². The minimum absolute atomic E-state index is 0.0217. The second kappa shape index (κ2) is 7.10. The number of carbonyl (C=O) groups is 2. The van der Waals surface area contributed by atoms with Crippen molar-refractivity contribution in [1.82, 2.24) is 0 Å². The minimum Gasteiger partial charge on any atom is -0.390 e. The zero-order chi connectivity index (χ0) is 21.8. The van der Waals surface area contributed by atoms with E-state index in [-0.39, 0.29) is 24.5 Å². The van der Waals surface area contributed by atoms with E-state index >= 15 is 4.39 Å². The van der Waals surface area contributed by atoms with Crippen molar-refractivity contribution < 1.29 is 29.3 Å². The molecule has 162 valence electrons. The molecule has 7 atom stereocenters. The Bertz CT molecular complexity index is 775. The molecule has 0 radical (unpaired) electrons. The maximum absolute atomic E-state index is 16.7. The average Bonchev–Trinajstić information content (AvgIpc) is 2.85. The zero-order valence-corrected chi connectivity index (χ0v) is 17.7. The second-order valence-electron chi connectivity index (χ2n) is 9.74. The van der Waals surface area contributed by atoms with Crippen LogP contribution in [0.4, 0.5) is 4.39 Å². The fraction of sp³-hybridized carbons (Fsp3) is 0.739. The van der Waals surface area contributed by atoms with Crippen LogP contribution >= 0.6 is 0 Å². The molecule has 29 heavy (non-hydrogen) atoms. The van der Waals surface area contributed by atoms with E-state index in [1.165, 1.54) is 12.2 Å². The van der Waals surface area contributed by atoms with Crippen LogP contribution < -0.4 is 0 Å². The van der Waals surface area contributed by atoms with E-state index in [1.54, 1.807) is 26.8 Å². The molecule has 0 aromatic heterocycles. The number of hydrogen-bond donors (Lipinski definition) is 3. The summed E-state index contributed by atoms with van der Waals surface area (Å²) in [5.74, 6) is -1.64. The lowest BCUT2D eigenvalue weighted by molar-refractivity contribution is -0.190. The Morgan fingerprint density at radius 1 is 1.31 bits per heavy atom. The highest BCUT2D eigenvalue weighted by molar-refractivity contribution is 6.01. The largest absolute Gasteiger partial charge is 0.390 e. The minimum atomic E-state index is -2.03. The van der Waals surface area contributed by atoms with Gasteiger partial charge in [-0.15, -0.1) is 0 Å². The number of hydrogen-bond acceptors (Lipinski definition) is 5. The summed E-state index contributed by atoms with van der Waals surface area (Å²) >= 11 is 0. The molecule has 0 unspecified atom stereocenters. The Morgan fingerprint density at radius 3 is 2.55 bits per heavy atom. The molecule has 0 aliphatic heterocycles. The number of carbonyl (C=O) groups excluding carboxylic acids is 2. The molecule has 0 aromatic carbocycles. The lowest BCUT2D eigenvalue weighted by Gasteiger charge is -2.56. The first-order valence-corrected chi connectivity index (χ1v) is 10.6. The molecular weight excluding hydrogens is 375 g/mol. The van der Waals surface area contributed by atoms with Gasteiger partial charge in [0, 0.05) is 10.8 Å². The Balaban J connectivity index is 2.04. The number of fused-ring (bicyclic) bond motifs is 1. The van der Waals surface area contributed by atoms with Gasteiger partial charge < -0.3 is 15.3 Å². The molecule has 0 saturated heterocycles. The van der Waals surface area contributed by atoms with Crippen molar-refractivity contribution >= 4 is 11.6 Å². The van der Waals surface area contributed by atoms with Crippen molar-refractivity contribution in [3.05, 3.63) is 23.8 Å². The van der Waals surface area contributed by atoms with Crippen molar-refractivity contribution in [3.8, 4) is 0 Å². The summed E-state index contributed by atoms with van der Waals surface area (Å²) in [6.45, 7) is 6.37. The summed E-state index contributed by atoms with van der Waals surface area (Å²) in [5, 5.41) is 31.8. The molecule has 0 amide bonds. The third-order valence-electron chi connectivity index (χ3n) is 8.33. The van der Waals surface area contributed by atoms with Crippen LogP contribution in [0.1, 0.15) is 59.8 Å². The van der Waals surface area contributed by atoms with Gasteiger partial charge in [0.1, 0.15) is 17.9 Å². The number of Topliss-reactive ketones (excluding diaryl/α,β-unsaturated/α-hetero) is 1. The molecule has 2 fully saturated rings. The summed E-state index contributed by atoms with van der Waals surface area (Å²) in [7, 11) is 0. The second-order valence-corrected chi connectivity index (χ2v) is 9.74. The summed E-state index contributed by atoms with van der Waals surface area (Å²) in [4.78, 5) is 24.4. The first kappa shape index (κ1) is 22.3. The van der Waals surface area contributed by atoms with Crippen LogP contribution in [0, 0.1) is 22.7 Å². The fourth-order valence-electron chi connectivity index (χ4n) is 6.42. The summed E-state index contributed by atoms with van der Waals surface area (Å²) in [6, 6.07) is 0. The van der Waals surface area contributed by atoms with Crippen LogP contribution in [0.2, 0.25) is 0 Å². The highest BCUT2D eigenvalue weighted by Crippen LogP contribution is 2.66. The van der Waals surface area contributed by atoms with E-state index < -0.39 is 46.5 Å². The van der Waals surface area contributed by atoms with Gasteiger partial charge in [-0.3, -0.25) is 9.59 Å². The highest BCUT2D eigenvalue weighted by Gasteiger charge is 2.71. The smallest absolute Gasteiger partial charge is 0.190 e. The van der Waals surface area contributed by atoms with Crippen molar-refractivity contribution in [2.45, 2.75) is 77.2 Å². The third-order valence-corrected chi connectivity index (χ3v) is 8.33. The number of aliphatic hydroxyl groups excluding tert-OH is 2. The lowest BCUT2D eigenvalue weighted by Crippen LogP contribution is -2.64. The van der Waals surface area contributed by atoms with E-state index in [2.05, 4.69) is 0 Å². The number of alkyl halides is 1. The summed E-state index contributed by atoms with van der Waals surface area (Å²) in [5.41, 5.74) is -5.31. The van der Waals surface area contributed by atoms with Crippen LogP contribution in [0.15, 0.2) is 23.8 Å². The van der Waals surface area contributed by atoms with E-state index in [0.29, 0.717) is 18.4 Å². The van der Waals surface area contributed by atoms with E-state index in [4.69, 9.17) is 0 Å². The fourth-order valence-corrected chi connectivity index (χ4v) is 6.42. The number of rotatable bonds is 5. The molecule has 0 heterocycles. The van der Waals surface area contributed by atoms with Crippen LogP contribution in [-0.4, -0.2) is 50.9 Å². The van der Waals surface area contributed by atoms with Crippen molar-refractivity contribution in [3.63, 3.8) is 0 Å². The average molecular weight is 409 g/mol.